The predicted molar refractivity (Wildman–Crippen MR) is 95.5 cm³/mol. The minimum Gasteiger partial charge on any atom is -0.342 e. The summed E-state index contributed by atoms with van der Waals surface area (Å²) in [5, 5.41) is 0. The quantitative estimate of drug-likeness (QED) is 0.872. The smallest absolute Gasteiger partial charge is 0.281 e. The monoisotopic (exact) mass is 365 g/mol. The summed E-state index contributed by atoms with van der Waals surface area (Å²) in [6.45, 7) is 3.51. The molecule has 8 nitrogen and oxygen atoms in total. The molecule has 9 heteroatoms. The molecule has 3 rings (SSSR count). The molecule has 0 saturated carbocycles. The first-order valence-electron chi connectivity index (χ1n) is 8.22. The molecule has 0 bridgehead atoms. The molecular formula is C16H23N5O3S. The van der Waals surface area contributed by atoms with Crippen LogP contribution in [0, 0.1) is 6.92 Å². The first-order valence-corrected chi connectivity index (χ1v) is 9.62. The van der Waals surface area contributed by atoms with Crippen molar-refractivity contribution in [1.29, 1.82) is 0 Å². The van der Waals surface area contributed by atoms with Gasteiger partial charge < -0.3 is 9.88 Å². The number of imidazole rings is 1. The fourth-order valence-electron chi connectivity index (χ4n) is 3.01. The van der Waals surface area contributed by atoms with Crippen LogP contribution < -0.4 is 0 Å². The van der Waals surface area contributed by atoms with E-state index in [0.29, 0.717) is 38.2 Å². The predicted octanol–water partition coefficient (Wildman–Crippen LogP) is 0.826. The van der Waals surface area contributed by atoms with Gasteiger partial charge in [0.15, 0.2) is 0 Å². The summed E-state index contributed by atoms with van der Waals surface area (Å²) in [4.78, 5) is 22.0. The number of amides is 1. The molecule has 0 unspecified atom stereocenters. The largest absolute Gasteiger partial charge is 0.342 e. The van der Waals surface area contributed by atoms with Crippen LogP contribution in [0.15, 0.2) is 18.2 Å². The minimum absolute atomic E-state index is 0.0849. The van der Waals surface area contributed by atoms with Crippen molar-refractivity contribution in [2.75, 3.05) is 40.3 Å². The number of fused-ring (bicyclic) bond motifs is 1. The summed E-state index contributed by atoms with van der Waals surface area (Å²) in [5.41, 5.74) is 2.24. The number of nitrogens with one attached hydrogen (secondary N) is 1. The van der Waals surface area contributed by atoms with Crippen LogP contribution in [0.5, 0.6) is 0 Å². The number of aryl methyl sites for hydroxylation is 1. The molecule has 1 fully saturated rings. The van der Waals surface area contributed by atoms with E-state index in [0.717, 1.165) is 16.9 Å². The summed E-state index contributed by atoms with van der Waals surface area (Å²) in [5.74, 6) is 0.720. The maximum atomic E-state index is 12.8. The van der Waals surface area contributed by atoms with E-state index < -0.39 is 10.2 Å². The topological polar surface area (TPSA) is 89.6 Å². The highest BCUT2D eigenvalue weighted by Crippen LogP contribution is 2.17. The van der Waals surface area contributed by atoms with E-state index in [1.54, 1.807) is 17.0 Å². The summed E-state index contributed by atoms with van der Waals surface area (Å²) >= 11 is 0. The zero-order chi connectivity index (χ0) is 18.2. The van der Waals surface area contributed by atoms with Crippen molar-refractivity contribution < 1.29 is 13.2 Å². The van der Waals surface area contributed by atoms with Crippen molar-refractivity contribution in [2.24, 2.45) is 0 Å². The Morgan fingerprint density at radius 3 is 2.68 bits per heavy atom. The van der Waals surface area contributed by atoms with Crippen LogP contribution in [-0.2, 0) is 10.2 Å². The van der Waals surface area contributed by atoms with Gasteiger partial charge in [-0.15, -0.1) is 0 Å². The highest BCUT2D eigenvalue weighted by molar-refractivity contribution is 7.86. The van der Waals surface area contributed by atoms with Crippen LogP contribution in [0.1, 0.15) is 22.6 Å². The molecule has 0 aliphatic carbocycles. The Morgan fingerprint density at radius 2 is 1.96 bits per heavy atom. The number of benzene rings is 1. The summed E-state index contributed by atoms with van der Waals surface area (Å²) < 4.78 is 27.2. The molecule has 1 saturated heterocycles. The van der Waals surface area contributed by atoms with Crippen molar-refractivity contribution in [2.45, 2.75) is 13.3 Å². The molecule has 136 valence electrons. The lowest BCUT2D eigenvalue weighted by Crippen LogP contribution is -2.42. The van der Waals surface area contributed by atoms with Gasteiger partial charge >= 0.3 is 0 Å². The first kappa shape index (κ1) is 17.8. The number of hydrogen-bond donors (Lipinski definition) is 1. The van der Waals surface area contributed by atoms with Crippen LogP contribution in [0.4, 0.5) is 0 Å². The second kappa shape index (κ2) is 6.74. The molecule has 1 N–H and O–H groups in total. The van der Waals surface area contributed by atoms with Crippen molar-refractivity contribution in [3.8, 4) is 0 Å². The van der Waals surface area contributed by atoms with Crippen molar-refractivity contribution >= 4 is 27.1 Å². The lowest BCUT2D eigenvalue weighted by atomic mass is 10.1. The van der Waals surface area contributed by atoms with Gasteiger partial charge in [-0.25, -0.2) is 4.98 Å². The molecule has 0 atom stereocenters. The molecule has 0 radical (unpaired) electrons. The van der Waals surface area contributed by atoms with Gasteiger partial charge in [-0.3, -0.25) is 4.79 Å². The molecule has 1 aromatic heterocycles. The summed E-state index contributed by atoms with van der Waals surface area (Å²) in [6, 6.07) is 5.40. The van der Waals surface area contributed by atoms with Crippen LogP contribution in [-0.4, -0.2) is 78.1 Å². The van der Waals surface area contributed by atoms with Crippen molar-refractivity contribution in [1.82, 2.24) is 23.5 Å². The molecular weight excluding hydrogens is 342 g/mol. The number of H-pyrrole nitrogens is 1. The Labute approximate surface area is 147 Å². The van der Waals surface area contributed by atoms with Gasteiger partial charge in [0.05, 0.1) is 11.0 Å². The normalized spacial score (nSPS) is 17.2. The Morgan fingerprint density at radius 1 is 1.20 bits per heavy atom. The highest BCUT2D eigenvalue weighted by Gasteiger charge is 2.28. The Balaban J connectivity index is 1.76. The maximum absolute atomic E-state index is 12.8. The van der Waals surface area contributed by atoms with Gasteiger partial charge in [0.2, 0.25) is 0 Å². The van der Waals surface area contributed by atoms with Crippen LogP contribution >= 0.6 is 0 Å². The van der Waals surface area contributed by atoms with E-state index in [9.17, 15) is 13.2 Å². The van der Waals surface area contributed by atoms with E-state index in [2.05, 4.69) is 9.97 Å². The van der Waals surface area contributed by atoms with Gasteiger partial charge in [0, 0.05) is 45.8 Å². The average Bonchev–Trinajstić information content (AvgIpc) is 2.77. The Hall–Kier alpha value is -1.97. The van der Waals surface area contributed by atoms with Gasteiger partial charge in [-0.2, -0.15) is 17.0 Å². The van der Waals surface area contributed by atoms with E-state index in [1.807, 2.05) is 13.0 Å². The van der Waals surface area contributed by atoms with E-state index in [1.165, 1.54) is 22.7 Å². The number of aromatic amines is 1. The molecule has 1 aromatic carbocycles. The Bertz CT molecular complexity index is 890. The molecule has 1 aliphatic rings. The second-order valence-electron chi connectivity index (χ2n) is 6.39. The zero-order valence-corrected chi connectivity index (χ0v) is 15.5. The lowest BCUT2D eigenvalue weighted by Gasteiger charge is -2.24. The SMILES string of the molecule is Cc1nc2ccc(C(=O)N3CCCN(S(=O)(=O)N(C)C)CC3)cc2[nH]1. The van der Waals surface area contributed by atoms with Crippen molar-refractivity contribution in [3.05, 3.63) is 29.6 Å². The van der Waals surface area contributed by atoms with Crippen LogP contribution in [0.25, 0.3) is 11.0 Å². The van der Waals surface area contributed by atoms with Crippen molar-refractivity contribution in [3.63, 3.8) is 0 Å². The third-order valence-corrected chi connectivity index (χ3v) is 6.32. The number of nitrogens with zero attached hydrogens (tertiary/aromatic N) is 4. The lowest BCUT2D eigenvalue weighted by molar-refractivity contribution is 0.0764. The third-order valence-electron chi connectivity index (χ3n) is 4.38. The van der Waals surface area contributed by atoms with Gasteiger partial charge in [-0.05, 0) is 31.5 Å². The zero-order valence-electron chi connectivity index (χ0n) is 14.7. The van der Waals surface area contributed by atoms with Gasteiger partial charge in [0.1, 0.15) is 5.82 Å². The average molecular weight is 365 g/mol. The van der Waals surface area contributed by atoms with E-state index >= 15 is 0 Å². The standard InChI is InChI=1S/C16H23N5O3S/c1-12-17-14-6-5-13(11-15(14)18-12)16(22)20-7-4-8-21(10-9-20)25(23,24)19(2)3/h5-6,11H,4,7-10H2,1-3H3,(H,17,18). The number of rotatable bonds is 3. The number of carbonyl (C=O) groups excluding carboxylic acids is 1. The molecule has 25 heavy (non-hydrogen) atoms. The van der Waals surface area contributed by atoms with Crippen LogP contribution in [0.2, 0.25) is 0 Å². The summed E-state index contributed by atoms with van der Waals surface area (Å²) in [6.07, 6.45) is 0.615. The maximum Gasteiger partial charge on any atom is 0.281 e. The Kier molecular flexibility index (Phi) is 4.81. The summed E-state index contributed by atoms with van der Waals surface area (Å²) in [7, 11) is -0.410. The van der Waals surface area contributed by atoms with Crippen LogP contribution in [0.3, 0.4) is 0 Å². The molecule has 1 amide bonds. The fourth-order valence-corrected chi connectivity index (χ4v) is 4.15. The van der Waals surface area contributed by atoms with E-state index in [4.69, 9.17) is 0 Å². The number of carbonyl (C=O) groups is 1. The molecule has 0 spiro atoms. The minimum atomic E-state index is -3.45. The number of aromatic nitrogens is 2. The van der Waals surface area contributed by atoms with Gasteiger partial charge in [-0.1, -0.05) is 0 Å². The molecule has 1 aliphatic heterocycles. The third kappa shape index (κ3) is 3.53. The second-order valence-corrected chi connectivity index (χ2v) is 8.53. The van der Waals surface area contributed by atoms with Gasteiger partial charge in [0.25, 0.3) is 16.1 Å². The molecule has 2 heterocycles. The molecule has 2 aromatic rings. The van der Waals surface area contributed by atoms with E-state index in [-0.39, 0.29) is 5.91 Å². The number of hydrogen-bond acceptors (Lipinski definition) is 4. The highest BCUT2D eigenvalue weighted by atomic mass is 32.2. The first-order chi connectivity index (χ1) is 11.8. The fraction of sp³-hybridized carbons (Fsp3) is 0.500.